The van der Waals surface area contributed by atoms with Gasteiger partial charge in [-0.15, -0.1) is 0 Å². The van der Waals surface area contributed by atoms with E-state index in [2.05, 4.69) is 0 Å². The summed E-state index contributed by atoms with van der Waals surface area (Å²) in [7, 11) is 0. The summed E-state index contributed by atoms with van der Waals surface area (Å²) >= 11 is 0. The molecule has 2 aromatic rings. The minimum absolute atomic E-state index is 0.115. The molecule has 0 radical (unpaired) electrons. The van der Waals surface area contributed by atoms with Crippen molar-refractivity contribution in [2.45, 2.75) is 6.61 Å². The molecule has 0 aliphatic rings. The van der Waals surface area contributed by atoms with Crippen LogP contribution in [0.3, 0.4) is 0 Å². The monoisotopic (exact) mass is 232 g/mol. The zero-order valence-corrected chi connectivity index (χ0v) is 9.00. The van der Waals surface area contributed by atoms with Crippen LogP contribution >= 0.6 is 0 Å². The lowest BCUT2D eigenvalue weighted by molar-refractivity contribution is 0.293. The van der Waals surface area contributed by atoms with Crippen LogP contribution in [0.4, 0.5) is 0 Å². The number of hydrogen-bond acceptors (Lipinski definition) is 4. The van der Waals surface area contributed by atoms with Gasteiger partial charge in [0.25, 0.3) is 0 Å². The minimum Gasteiger partial charge on any atom is -0.504 e. The average molecular weight is 232 g/mol. The quantitative estimate of drug-likeness (QED) is 0.710. The summed E-state index contributed by atoms with van der Waals surface area (Å²) in [5.41, 5.74) is 0.407. The van der Waals surface area contributed by atoms with Crippen LogP contribution in [0.15, 0.2) is 42.5 Å². The fraction of sp³-hybridized carbons (Fsp3) is 0.0769. The van der Waals surface area contributed by atoms with Crippen LogP contribution in [0, 0.1) is 0 Å². The fourth-order valence-corrected chi connectivity index (χ4v) is 1.41. The predicted octanol–water partition coefficient (Wildman–Crippen LogP) is 2.38. The van der Waals surface area contributed by atoms with Gasteiger partial charge in [-0.2, -0.15) is 0 Å². The Balaban J connectivity index is 2.13. The van der Waals surface area contributed by atoms with Crippen molar-refractivity contribution in [1.82, 2.24) is 0 Å². The maximum atomic E-state index is 9.57. The van der Waals surface area contributed by atoms with E-state index in [0.29, 0.717) is 11.3 Å². The molecule has 17 heavy (non-hydrogen) atoms. The number of aromatic hydroxyl groups is 3. The molecule has 0 amide bonds. The molecular weight excluding hydrogens is 220 g/mol. The SMILES string of the molecule is Oc1ccc(COc2ccccc2)c(O)c1O. The highest BCUT2D eigenvalue weighted by Crippen LogP contribution is 2.37. The molecule has 0 unspecified atom stereocenters. The molecule has 4 nitrogen and oxygen atoms in total. The smallest absolute Gasteiger partial charge is 0.200 e. The van der Waals surface area contributed by atoms with Gasteiger partial charge in [-0.1, -0.05) is 18.2 Å². The first kappa shape index (κ1) is 11.1. The molecular formula is C13H12O4. The molecule has 0 atom stereocenters. The van der Waals surface area contributed by atoms with Gasteiger partial charge in [0.15, 0.2) is 11.5 Å². The molecule has 0 aliphatic carbocycles. The second-order valence-electron chi connectivity index (χ2n) is 3.54. The van der Waals surface area contributed by atoms with E-state index in [1.54, 1.807) is 12.1 Å². The summed E-state index contributed by atoms with van der Waals surface area (Å²) in [4.78, 5) is 0. The molecule has 0 aromatic heterocycles. The summed E-state index contributed by atoms with van der Waals surface area (Å²) in [6.07, 6.45) is 0. The maximum Gasteiger partial charge on any atom is 0.200 e. The Kier molecular flexibility index (Phi) is 3.05. The van der Waals surface area contributed by atoms with Crippen molar-refractivity contribution in [3.8, 4) is 23.0 Å². The molecule has 2 rings (SSSR count). The van der Waals surface area contributed by atoms with E-state index >= 15 is 0 Å². The second kappa shape index (κ2) is 4.65. The zero-order valence-electron chi connectivity index (χ0n) is 9.00. The molecule has 0 bridgehead atoms. The molecule has 4 heteroatoms. The van der Waals surface area contributed by atoms with Crippen molar-refractivity contribution in [3.05, 3.63) is 48.0 Å². The highest BCUT2D eigenvalue weighted by atomic mass is 16.5. The Bertz CT molecular complexity index is 508. The van der Waals surface area contributed by atoms with E-state index in [1.807, 2.05) is 18.2 Å². The Hall–Kier alpha value is -2.36. The highest BCUT2D eigenvalue weighted by Gasteiger charge is 2.11. The third kappa shape index (κ3) is 2.42. The molecule has 0 fully saturated rings. The Morgan fingerprint density at radius 1 is 0.824 bits per heavy atom. The molecule has 0 saturated heterocycles. The van der Waals surface area contributed by atoms with Crippen LogP contribution in [-0.2, 0) is 6.61 Å². The summed E-state index contributed by atoms with van der Waals surface area (Å²) in [6.45, 7) is 0.115. The number of benzene rings is 2. The van der Waals surface area contributed by atoms with Crippen LogP contribution in [0.1, 0.15) is 5.56 Å². The van der Waals surface area contributed by atoms with Crippen LogP contribution in [0.2, 0.25) is 0 Å². The Morgan fingerprint density at radius 3 is 2.24 bits per heavy atom. The Labute approximate surface area is 98.3 Å². The third-order valence-electron chi connectivity index (χ3n) is 2.35. The van der Waals surface area contributed by atoms with E-state index < -0.39 is 5.75 Å². The van der Waals surface area contributed by atoms with Crippen molar-refractivity contribution < 1.29 is 20.1 Å². The number of rotatable bonds is 3. The van der Waals surface area contributed by atoms with Crippen LogP contribution in [-0.4, -0.2) is 15.3 Å². The molecule has 3 N–H and O–H groups in total. The van der Waals surface area contributed by atoms with Crippen molar-refractivity contribution >= 4 is 0 Å². The normalized spacial score (nSPS) is 10.1. The van der Waals surface area contributed by atoms with Gasteiger partial charge in [0.1, 0.15) is 12.4 Å². The summed E-state index contributed by atoms with van der Waals surface area (Å²) in [6, 6.07) is 11.9. The fourth-order valence-electron chi connectivity index (χ4n) is 1.41. The number of phenolic OH excluding ortho intramolecular Hbond substituents is 3. The van der Waals surface area contributed by atoms with Crippen LogP contribution in [0.25, 0.3) is 0 Å². The van der Waals surface area contributed by atoms with Crippen LogP contribution < -0.4 is 4.74 Å². The topological polar surface area (TPSA) is 69.9 Å². The van der Waals surface area contributed by atoms with Gasteiger partial charge < -0.3 is 20.1 Å². The van der Waals surface area contributed by atoms with Crippen LogP contribution in [0.5, 0.6) is 23.0 Å². The van der Waals surface area contributed by atoms with Gasteiger partial charge in [-0.05, 0) is 24.3 Å². The number of phenols is 3. The van der Waals surface area contributed by atoms with E-state index in [1.165, 1.54) is 12.1 Å². The summed E-state index contributed by atoms with van der Waals surface area (Å²) in [5, 5.41) is 28.1. The number of ether oxygens (including phenoxy) is 1. The van der Waals surface area contributed by atoms with Gasteiger partial charge in [0.05, 0.1) is 0 Å². The van der Waals surface area contributed by atoms with E-state index in [0.717, 1.165) is 0 Å². The van der Waals surface area contributed by atoms with Crippen molar-refractivity contribution in [2.24, 2.45) is 0 Å². The summed E-state index contributed by atoms with van der Waals surface area (Å²) < 4.78 is 5.41. The zero-order chi connectivity index (χ0) is 12.3. The molecule has 2 aromatic carbocycles. The second-order valence-corrected chi connectivity index (χ2v) is 3.54. The highest BCUT2D eigenvalue weighted by molar-refractivity contribution is 5.52. The number of para-hydroxylation sites is 1. The summed E-state index contributed by atoms with van der Waals surface area (Å²) in [5.74, 6) is -0.578. The third-order valence-corrected chi connectivity index (χ3v) is 2.35. The molecule has 0 aliphatic heterocycles. The van der Waals surface area contributed by atoms with Crippen molar-refractivity contribution in [1.29, 1.82) is 0 Å². The molecule has 88 valence electrons. The minimum atomic E-state index is -0.529. The number of hydrogen-bond donors (Lipinski definition) is 3. The largest absolute Gasteiger partial charge is 0.504 e. The van der Waals surface area contributed by atoms with Crippen molar-refractivity contribution in [2.75, 3.05) is 0 Å². The van der Waals surface area contributed by atoms with Gasteiger partial charge >= 0.3 is 0 Å². The van der Waals surface area contributed by atoms with E-state index in [4.69, 9.17) is 9.84 Å². The lowest BCUT2D eigenvalue weighted by atomic mass is 10.2. The molecule has 0 spiro atoms. The standard InChI is InChI=1S/C13H12O4/c14-11-7-6-9(12(15)13(11)16)8-17-10-4-2-1-3-5-10/h1-7,14-16H,8H2. The van der Waals surface area contributed by atoms with E-state index in [-0.39, 0.29) is 18.1 Å². The van der Waals surface area contributed by atoms with Gasteiger partial charge in [0, 0.05) is 5.56 Å². The molecule has 0 saturated carbocycles. The first-order valence-electron chi connectivity index (χ1n) is 5.09. The van der Waals surface area contributed by atoms with Gasteiger partial charge in [0.2, 0.25) is 5.75 Å². The lowest BCUT2D eigenvalue weighted by Crippen LogP contribution is -1.95. The van der Waals surface area contributed by atoms with E-state index in [9.17, 15) is 10.2 Å². The predicted molar refractivity (Wildman–Crippen MR) is 62.2 cm³/mol. The lowest BCUT2D eigenvalue weighted by Gasteiger charge is -2.09. The first-order chi connectivity index (χ1) is 8.18. The van der Waals surface area contributed by atoms with Gasteiger partial charge in [-0.25, -0.2) is 0 Å². The molecule has 0 heterocycles. The maximum absolute atomic E-state index is 9.57. The van der Waals surface area contributed by atoms with Gasteiger partial charge in [-0.3, -0.25) is 0 Å². The average Bonchev–Trinajstić information content (AvgIpc) is 2.36. The Morgan fingerprint density at radius 2 is 1.53 bits per heavy atom. The van der Waals surface area contributed by atoms with Crippen molar-refractivity contribution in [3.63, 3.8) is 0 Å². The first-order valence-corrected chi connectivity index (χ1v) is 5.09.